The number of nitrogens with zero attached hydrogens (tertiary/aromatic N) is 2. The zero-order valence-corrected chi connectivity index (χ0v) is 7.05. The lowest BCUT2D eigenvalue weighted by Gasteiger charge is -1.75. The molecule has 0 bridgehead atoms. The summed E-state index contributed by atoms with van der Waals surface area (Å²) in [6.45, 7) is 7.44. The first-order valence-corrected chi connectivity index (χ1v) is 3.33. The topological polar surface area (TPSA) is 47.6 Å². The second kappa shape index (κ2) is 7.98. The van der Waals surface area contributed by atoms with Gasteiger partial charge in [-0.3, -0.25) is 0 Å². The molecule has 0 fully saturated rings. The summed E-state index contributed by atoms with van der Waals surface area (Å²) in [4.78, 5) is 0. The molecule has 0 unspecified atom stereocenters. The zero-order chi connectivity index (χ0) is 8.57. The Morgan fingerprint density at radius 3 is 1.00 bits per heavy atom. The summed E-state index contributed by atoms with van der Waals surface area (Å²) in [5.74, 6) is 0.380. The largest absolute Gasteiger partial charge is 1.00 e. The average Bonchev–Trinajstić information content (AvgIpc) is 1.89. The van der Waals surface area contributed by atoms with Crippen LogP contribution >= 0.6 is 0 Å². The molecule has 0 radical (unpaired) electrons. The lowest BCUT2D eigenvalue weighted by atomic mass is 10.3. The van der Waals surface area contributed by atoms with Crippen LogP contribution < -0.4 is 0 Å². The van der Waals surface area contributed by atoms with Gasteiger partial charge in [-0.2, -0.15) is 10.5 Å². The van der Waals surface area contributed by atoms with Crippen LogP contribution in [0.15, 0.2) is 0 Å². The molecule has 0 aliphatic rings. The van der Waals surface area contributed by atoms with Crippen LogP contribution in [0.5, 0.6) is 0 Å². The van der Waals surface area contributed by atoms with Crippen LogP contribution in [-0.4, -0.2) is 0 Å². The van der Waals surface area contributed by atoms with Gasteiger partial charge in [-0.05, 0) is 27.7 Å². The maximum atomic E-state index is 7.89. The number of nitriles is 2. The molecule has 56 valence electrons. The molecule has 0 spiro atoms. The number of rotatable bonds is 0. The predicted molar refractivity (Wildman–Crippen MR) is 42.0 cm³/mol. The zero-order valence-electron chi connectivity index (χ0n) is 8.05. The standard InChI is InChI=1S/2C4H7N/c2*1-4(2)3-5/h2*4H,1-2H3/p+1. The molecule has 0 heterocycles. The Morgan fingerprint density at radius 2 is 1.00 bits per heavy atom. The lowest BCUT2D eigenvalue weighted by molar-refractivity contribution is 0.849. The van der Waals surface area contributed by atoms with Gasteiger partial charge in [0.15, 0.2) is 0 Å². The van der Waals surface area contributed by atoms with Crippen molar-refractivity contribution in [2.75, 3.05) is 0 Å². The van der Waals surface area contributed by atoms with E-state index in [4.69, 9.17) is 10.5 Å². The molecule has 2 nitrogen and oxygen atoms in total. The van der Waals surface area contributed by atoms with Crippen molar-refractivity contribution < 1.29 is 1.43 Å². The Bertz CT molecular complexity index is 121. The fourth-order valence-corrected chi connectivity index (χ4v) is 0. The molecule has 2 heteroatoms. The van der Waals surface area contributed by atoms with E-state index in [2.05, 4.69) is 0 Å². The molecular formula is C8H15N2+. The maximum absolute atomic E-state index is 7.89. The third kappa shape index (κ3) is 28.1. The Hall–Kier alpha value is -1.02. The highest BCUT2D eigenvalue weighted by atomic mass is 14.2. The Labute approximate surface area is 64.6 Å². The normalized spacial score (nSPS) is 7.60. The van der Waals surface area contributed by atoms with E-state index in [0.29, 0.717) is 0 Å². The van der Waals surface area contributed by atoms with E-state index in [1.807, 2.05) is 39.8 Å². The van der Waals surface area contributed by atoms with Gasteiger partial charge in [0.1, 0.15) is 0 Å². The summed E-state index contributed by atoms with van der Waals surface area (Å²) < 4.78 is 0. The number of hydrogen-bond donors (Lipinski definition) is 0. The van der Waals surface area contributed by atoms with Gasteiger partial charge in [0.05, 0.1) is 12.1 Å². The molecule has 0 aliphatic heterocycles. The van der Waals surface area contributed by atoms with Crippen LogP contribution in [0.3, 0.4) is 0 Å². The summed E-state index contributed by atoms with van der Waals surface area (Å²) in [7, 11) is 0. The van der Waals surface area contributed by atoms with E-state index in [0.717, 1.165) is 0 Å². The van der Waals surface area contributed by atoms with Crippen molar-refractivity contribution in [1.82, 2.24) is 0 Å². The summed E-state index contributed by atoms with van der Waals surface area (Å²) >= 11 is 0. The molecule has 0 aromatic heterocycles. The highest BCUT2D eigenvalue weighted by molar-refractivity contribution is 4.73. The first-order chi connectivity index (χ1) is 4.54. The quantitative estimate of drug-likeness (QED) is 0.517. The maximum Gasteiger partial charge on any atom is 1.00 e. The summed E-state index contributed by atoms with van der Waals surface area (Å²) in [6.07, 6.45) is 0. The van der Waals surface area contributed by atoms with E-state index in [9.17, 15) is 0 Å². The van der Waals surface area contributed by atoms with Crippen LogP contribution in [0.4, 0.5) is 0 Å². The predicted octanol–water partition coefficient (Wildman–Crippen LogP) is 2.44. The Balaban J connectivity index is -0.000000107. The molecule has 0 aromatic rings. The van der Waals surface area contributed by atoms with Crippen LogP contribution in [0.25, 0.3) is 0 Å². The van der Waals surface area contributed by atoms with Crippen molar-refractivity contribution in [1.29, 1.82) is 10.5 Å². The molecule has 0 aliphatic carbocycles. The Morgan fingerprint density at radius 1 is 0.900 bits per heavy atom. The van der Waals surface area contributed by atoms with Crippen LogP contribution in [-0.2, 0) is 0 Å². The van der Waals surface area contributed by atoms with Crippen molar-refractivity contribution in [2.24, 2.45) is 11.8 Å². The van der Waals surface area contributed by atoms with Gasteiger partial charge >= 0.3 is 1.43 Å². The molecule has 0 amide bonds. The second-order valence-corrected chi connectivity index (χ2v) is 2.57. The van der Waals surface area contributed by atoms with E-state index in [1.54, 1.807) is 0 Å². The smallest absolute Gasteiger partial charge is 0.198 e. The average molecular weight is 139 g/mol. The minimum absolute atomic E-state index is 0. The molecule has 10 heavy (non-hydrogen) atoms. The van der Waals surface area contributed by atoms with Crippen molar-refractivity contribution >= 4 is 0 Å². The van der Waals surface area contributed by atoms with E-state index in [-0.39, 0.29) is 13.3 Å². The van der Waals surface area contributed by atoms with Crippen molar-refractivity contribution in [2.45, 2.75) is 27.7 Å². The van der Waals surface area contributed by atoms with E-state index < -0.39 is 0 Å². The van der Waals surface area contributed by atoms with Gasteiger partial charge in [-0.25, -0.2) is 0 Å². The summed E-state index contributed by atoms with van der Waals surface area (Å²) in [5, 5.41) is 15.8. The lowest BCUT2D eigenvalue weighted by Crippen LogP contribution is -1.72. The van der Waals surface area contributed by atoms with Gasteiger partial charge in [0, 0.05) is 11.8 Å². The van der Waals surface area contributed by atoms with Crippen LogP contribution in [0.1, 0.15) is 29.1 Å². The molecule has 0 saturated heterocycles. The number of hydrogen-bond acceptors (Lipinski definition) is 2. The monoisotopic (exact) mass is 139 g/mol. The second-order valence-electron chi connectivity index (χ2n) is 2.57. The Kier molecular flexibility index (Phi) is 9.37. The molecule has 0 rings (SSSR count). The summed E-state index contributed by atoms with van der Waals surface area (Å²) in [6, 6.07) is 4.06. The van der Waals surface area contributed by atoms with Gasteiger partial charge in [-0.15, -0.1) is 0 Å². The summed E-state index contributed by atoms with van der Waals surface area (Å²) in [5.41, 5.74) is 0. The van der Waals surface area contributed by atoms with Crippen molar-refractivity contribution in [3.63, 3.8) is 0 Å². The van der Waals surface area contributed by atoms with Gasteiger partial charge < -0.3 is 0 Å². The fourth-order valence-electron chi connectivity index (χ4n) is 0. The van der Waals surface area contributed by atoms with Gasteiger partial charge in [-0.1, -0.05) is 0 Å². The first-order valence-electron chi connectivity index (χ1n) is 3.33. The molecule has 0 aromatic carbocycles. The molecule has 0 saturated carbocycles. The fraction of sp³-hybridized carbons (Fsp3) is 0.750. The van der Waals surface area contributed by atoms with Gasteiger partial charge in [0.25, 0.3) is 0 Å². The SMILES string of the molecule is CC(C)C#N.CC(C)C#N.[H+]. The molecular weight excluding hydrogens is 124 g/mol. The third-order valence-corrected chi connectivity index (χ3v) is 0.516. The third-order valence-electron chi connectivity index (χ3n) is 0.516. The van der Waals surface area contributed by atoms with Crippen LogP contribution in [0.2, 0.25) is 0 Å². The molecule has 0 N–H and O–H groups in total. The minimum atomic E-state index is 0. The van der Waals surface area contributed by atoms with Crippen molar-refractivity contribution in [3.8, 4) is 12.1 Å². The first kappa shape index (κ1) is 11.7. The van der Waals surface area contributed by atoms with Gasteiger partial charge in [0.2, 0.25) is 0 Å². The minimum Gasteiger partial charge on any atom is -0.198 e. The molecule has 0 atom stereocenters. The van der Waals surface area contributed by atoms with E-state index in [1.165, 1.54) is 0 Å². The highest BCUT2D eigenvalue weighted by Crippen LogP contribution is 1.82. The van der Waals surface area contributed by atoms with Crippen LogP contribution in [0, 0.1) is 34.5 Å². The van der Waals surface area contributed by atoms with Crippen molar-refractivity contribution in [3.05, 3.63) is 0 Å². The highest BCUT2D eigenvalue weighted by Gasteiger charge is 1.79. The van der Waals surface area contributed by atoms with E-state index >= 15 is 0 Å².